The minimum Gasteiger partial charge on any atom is -0.463 e. The van der Waals surface area contributed by atoms with E-state index in [9.17, 15) is 9.59 Å². The monoisotopic (exact) mass is 349 g/mol. The van der Waals surface area contributed by atoms with Crippen LogP contribution in [0.4, 0.5) is 0 Å². The van der Waals surface area contributed by atoms with Gasteiger partial charge in [-0.15, -0.1) is 0 Å². The summed E-state index contributed by atoms with van der Waals surface area (Å²) < 4.78 is 5.04. The summed E-state index contributed by atoms with van der Waals surface area (Å²) in [6, 6.07) is 3.46. The van der Waals surface area contributed by atoms with Crippen LogP contribution in [0.1, 0.15) is 76.9 Å². The Morgan fingerprint density at radius 2 is 1.72 bits per heavy atom. The highest BCUT2D eigenvalue weighted by atomic mass is 16.3. The SMILES string of the molecule is CCCCCCCCCCCC(=O)NCC(=O)N/N=C/c1ccco1. The highest BCUT2D eigenvalue weighted by Crippen LogP contribution is 2.10. The molecule has 0 aliphatic rings. The van der Waals surface area contributed by atoms with Crippen molar-refractivity contribution in [3.05, 3.63) is 24.2 Å². The van der Waals surface area contributed by atoms with Crippen LogP contribution in [0.15, 0.2) is 27.9 Å². The molecule has 2 amide bonds. The highest BCUT2D eigenvalue weighted by molar-refractivity contribution is 5.85. The molecule has 25 heavy (non-hydrogen) atoms. The lowest BCUT2D eigenvalue weighted by Gasteiger charge is -2.04. The van der Waals surface area contributed by atoms with Gasteiger partial charge in [-0.05, 0) is 18.6 Å². The van der Waals surface area contributed by atoms with Gasteiger partial charge in [0.25, 0.3) is 5.91 Å². The van der Waals surface area contributed by atoms with Gasteiger partial charge < -0.3 is 9.73 Å². The Morgan fingerprint density at radius 1 is 1.04 bits per heavy atom. The standard InChI is InChI=1S/C19H31N3O3/c1-2-3-4-5-6-7-8-9-10-13-18(23)20-16-19(24)22-21-15-17-12-11-14-25-17/h11-12,14-15H,2-10,13,16H2,1H3,(H,20,23)(H,22,24)/b21-15+. The van der Waals surface area contributed by atoms with Crippen molar-refractivity contribution in [2.45, 2.75) is 71.1 Å². The van der Waals surface area contributed by atoms with E-state index < -0.39 is 0 Å². The fourth-order valence-electron chi connectivity index (χ4n) is 2.44. The summed E-state index contributed by atoms with van der Waals surface area (Å²) in [5.41, 5.74) is 2.34. The van der Waals surface area contributed by atoms with Crippen LogP contribution >= 0.6 is 0 Å². The Morgan fingerprint density at radius 3 is 2.36 bits per heavy atom. The minimum atomic E-state index is -0.358. The first-order valence-electron chi connectivity index (χ1n) is 9.34. The molecule has 2 N–H and O–H groups in total. The minimum absolute atomic E-state index is 0.0637. The predicted molar refractivity (Wildman–Crippen MR) is 99.3 cm³/mol. The molecular weight excluding hydrogens is 318 g/mol. The largest absolute Gasteiger partial charge is 0.463 e. The lowest BCUT2D eigenvalue weighted by molar-refractivity contribution is -0.126. The molecule has 0 aliphatic heterocycles. The van der Waals surface area contributed by atoms with Crippen LogP contribution in [-0.4, -0.2) is 24.6 Å². The molecule has 0 saturated heterocycles. The molecule has 0 spiro atoms. The second-order valence-corrected chi connectivity index (χ2v) is 6.16. The Kier molecular flexibility index (Phi) is 11.9. The van der Waals surface area contributed by atoms with Gasteiger partial charge in [0, 0.05) is 6.42 Å². The Hall–Kier alpha value is -2.11. The highest BCUT2D eigenvalue weighted by Gasteiger charge is 2.04. The zero-order valence-electron chi connectivity index (χ0n) is 15.3. The Labute approximate surface area is 150 Å². The van der Waals surface area contributed by atoms with Crippen LogP contribution in [0, 0.1) is 0 Å². The van der Waals surface area contributed by atoms with E-state index in [1.54, 1.807) is 12.1 Å². The summed E-state index contributed by atoms with van der Waals surface area (Å²) >= 11 is 0. The Bertz CT molecular complexity index is 498. The van der Waals surface area contributed by atoms with Gasteiger partial charge >= 0.3 is 0 Å². The van der Waals surface area contributed by atoms with Gasteiger partial charge in [0.05, 0.1) is 19.0 Å². The Balaban J connectivity index is 1.93. The summed E-state index contributed by atoms with van der Waals surface area (Å²) in [4.78, 5) is 23.2. The first-order valence-corrected chi connectivity index (χ1v) is 9.34. The van der Waals surface area contributed by atoms with Crippen molar-refractivity contribution in [3.8, 4) is 0 Å². The first-order chi connectivity index (χ1) is 12.2. The number of unbranched alkanes of at least 4 members (excludes halogenated alkanes) is 8. The molecule has 0 unspecified atom stereocenters. The predicted octanol–water partition coefficient (Wildman–Crippen LogP) is 3.77. The van der Waals surface area contributed by atoms with Crippen molar-refractivity contribution < 1.29 is 14.0 Å². The van der Waals surface area contributed by atoms with Crippen molar-refractivity contribution in [1.82, 2.24) is 10.7 Å². The molecule has 1 aromatic rings. The van der Waals surface area contributed by atoms with E-state index in [1.165, 1.54) is 57.4 Å². The molecule has 1 aromatic heterocycles. The quantitative estimate of drug-likeness (QED) is 0.305. The lowest BCUT2D eigenvalue weighted by Crippen LogP contribution is -2.34. The van der Waals surface area contributed by atoms with Crippen LogP contribution < -0.4 is 10.7 Å². The molecule has 1 heterocycles. The second kappa shape index (κ2) is 14.3. The van der Waals surface area contributed by atoms with E-state index in [2.05, 4.69) is 22.8 Å². The molecule has 0 radical (unpaired) electrons. The third-order valence-electron chi connectivity index (χ3n) is 3.88. The van der Waals surface area contributed by atoms with Crippen molar-refractivity contribution in [2.24, 2.45) is 5.10 Å². The van der Waals surface area contributed by atoms with E-state index >= 15 is 0 Å². The molecule has 1 rings (SSSR count). The van der Waals surface area contributed by atoms with Gasteiger partial charge in [-0.1, -0.05) is 58.3 Å². The van der Waals surface area contributed by atoms with Crippen molar-refractivity contribution in [3.63, 3.8) is 0 Å². The maximum absolute atomic E-state index is 11.7. The summed E-state index contributed by atoms with van der Waals surface area (Å²) in [5.74, 6) is 0.103. The van der Waals surface area contributed by atoms with Gasteiger partial charge in [0.15, 0.2) is 0 Å². The van der Waals surface area contributed by atoms with Crippen molar-refractivity contribution >= 4 is 18.0 Å². The number of carbonyl (C=O) groups is 2. The topological polar surface area (TPSA) is 83.7 Å². The van der Waals surface area contributed by atoms with Crippen molar-refractivity contribution in [1.29, 1.82) is 0 Å². The van der Waals surface area contributed by atoms with Crippen LogP contribution in [0.2, 0.25) is 0 Å². The van der Waals surface area contributed by atoms with E-state index in [1.807, 2.05) is 0 Å². The number of rotatable bonds is 14. The molecule has 0 bridgehead atoms. The zero-order chi connectivity index (χ0) is 18.2. The number of hydrogen-bond donors (Lipinski definition) is 2. The fraction of sp³-hybridized carbons (Fsp3) is 0.632. The summed E-state index contributed by atoms with van der Waals surface area (Å²) in [6.45, 7) is 2.16. The molecule has 0 saturated carbocycles. The lowest BCUT2D eigenvalue weighted by atomic mass is 10.1. The molecular formula is C19H31N3O3. The van der Waals surface area contributed by atoms with E-state index in [-0.39, 0.29) is 18.4 Å². The van der Waals surface area contributed by atoms with E-state index in [0.717, 1.165) is 12.8 Å². The maximum atomic E-state index is 11.7. The normalized spacial score (nSPS) is 10.9. The maximum Gasteiger partial charge on any atom is 0.259 e. The number of nitrogens with one attached hydrogen (secondary N) is 2. The number of carbonyl (C=O) groups excluding carboxylic acids is 2. The number of furan rings is 1. The third kappa shape index (κ3) is 12.0. The molecule has 0 atom stereocenters. The van der Waals surface area contributed by atoms with Crippen LogP contribution in [0.25, 0.3) is 0 Å². The van der Waals surface area contributed by atoms with Crippen molar-refractivity contribution in [2.75, 3.05) is 6.54 Å². The number of hydrogen-bond acceptors (Lipinski definition) is 4. The molecule has 0 aromatic carbocycles. The summed E-state index contributed by atoms with van der Waals surface area (Å²) in [5, 5.41) is 6.35. The summed E-state index contributed by atoms with van der Waals surface area (Å²) in [7, 11) is 0. The van der Waals surface area contributed by atoms with Gasteiger partial charge in [-0.2, -0.15) is 5.10 Å². The molecule has 140 valence electrons. The van der Waals surface area contributed by atoms with Gasteiger partial charge in [-0.25, -0.2) is 5.43 Å². The van der Waals surface area contributed by atoms with Crippen LogP contribution in [0.3, 0.4) is 0 Å². The molecule has 0 fully saturated rings. The fourth-order valence-corrected chi connectivity index (χ4v) is 2.44. The number of nitrogens with zero attached hydrogens (tertiary/aromatic N) is 1. The van der Waals surface area contributed by atoms with E-state index in [4.69, 9.17) is 4.42 Å². The molecule has 0 aliphatic carbocycles. The summed E-state index contributed by atoms with van der Waals surface area (Å²) in [6.07, 6.45) is 14.4. The zero-order valence-corrected chi connectivity index (χ0v) is 15.3. The van der Waals surface area contributed by atoms with Crippen LogP contribution in [-0.2, 0) is 9.59 Å². The number of hydrazone groups is 1. The second-order valence-electron chi connectivity index (χ2n) is 6.16. The third-order valence-corrected chi connectivity index (χ3v) is 3.88. The van der Waals surface area contributed by atoms with E-state index in [0.29, 0.717) is 12.2 Å². The van der Waals surface area contributed by atoms with Gasteiger partial charge in [0.2, 0.25) is 5.91 Å². The van der Waals surface area contributed by atoms with Crippen LogP contribution in [0.5, 0.6) is 0 Å². The average molecular weight is 349 g/mol. The number of amides is 2. The van der Waals surface area contributed by atoms with Gasteiger partial charge in [0.1, 0.15) is 5.76 Å². The molecule has 6 heteroatoms. The van der Waals surface area contributed by atoms with Gasteiger partial charge in [-0.3, -0.25) is 9.59 Å². The smallest absolute Gasteiger partial charge is 0.259 e. The first kappa shape index (κ1) is 20.9. The average Bonchev–Trinajstić information content (AvgIpc) is 3.12. The molecule has 6 nitrogen and oxygen atoms in total.